The van der Waals surface area contributed by atoms with E-state index in [1.807, 2.05) is 20.8 Å². The van der Waals surface area contributed by atoms with Gasteiger partial charge in [0.2, 0.25) is 0 Å². The molecule has 2 unspecified atom stereocenters. The van der Waals surface area contributed by atoms with Crippen LogP contribution in [-0.2, 0) is 14.3 Å². The molecule has 132 valence electrons. The normalized spacial score (nSPS) is 23.8. The van der Waals surface area contributed by atoms with Gasteiger partial charge < -0.3 is 9.47 Å². The van der Waals surface area contributed by atoms with Gasteiger partial charge in [0, 0.05) is 0 Å². The summed E-state index contributed by atoms with van der Waals surface area (Å²) in [5, 5.41) is 0. The van der Waals surface area contributed by atoms with Gasteiger partial charge in [0.15, 0.2) is 0 Å². The molecule has 1 saturated heterocycles. The van der Waals surface area contributed by atoms with Crippen molar-refractivity contribution >= 4 is 21.9 Å². The molecule has 2 aliphatic rings. The Morgan fingerprint density at radius 3 is 2.62 bits per heavy atom. The molecule has 24 heavy (non-hydrogen) atoms. The van der Waals surface area contributed by atoms with Crippen LogP contribution in [-0.4, -0.2) is 18.2 Å². The highest BCUT2D eigenvalue weighted by atomic mass is 79.9. The lowest BCUT2D eigenvalue weighted by Crippen LogP contribution is -2.27. The highest BCUT2D eigenvalue weighted by molar-refractivity contribution is 9.09. The van der Waals surface area contributed by atoms with Crippen LogP contribution in [0.4, 0.5) is 4.39 Å². The summed E-state index contributed by atoms with van der Waals surface area (Å²) in [5.41, 5.74) is 1.28. The number of carbonyl (C=O) groups is 1. The van der Waals surface area contributed by atoms with E-state index in [9.17, 15) is 9.18 Å². The highest BCUT2D eigenvalue weighted by Gasteiger charge is 2.46. The Kier molecular flexibility index (Phi) is 4.77. The van der Waals surface area contributed by atoms with Gasteiger partial charge in [-0.2, -0.15) is 0 Å². The minimum Gasteiger partial charge on any atom is -0.459 e. The Balaban J connectivity index is 1.81. The van der Waals surface area contributed by atoms with Crippen LogP contribution in [0.3, 0.4) is 0 Å². The predicted molar refractivity (Wildman–Crippen MR) is 93.5 cm³/mol. The third-order valence-corrected chi connectivity index (χ3v) is 5.63. The summed E-state index contributed by atoms with van der Waals surface area (Å²) in [6.07, 6.45) is 4.44. The van der Waals surface area contributed by atoms with E-state index >= 15 is 0 Å². The minimum atomic E-state index is -0.706. The van der Waals surface area contributed by atoms with Gasteiger partial charge in [-0.15, -0.1) is 0 Å². The molecule has 0 N–H and O–H groups in total. The number of benzene rings is 1. The third kappa shape index (κ3) is 3.99. The van der Waals surface area contributed by atoms with Gasteiger partial charge >= 0.3 is 5.97 Å². The van der Waals surface area contributed by atoms with Crippen molar-refractivity contribution in [2.24, 2.45) is 5.41 Å². The van der Waals surface area contributed by atoms with Gasteiger partial charge in [-0.1, -0.05) is 22.0 Å². The van der Waals surface area contributed by atoms with E-state index in [4.69, 9.17) is 9.47 Å². The van der Waals surface area contributed by atoms with Gasteiger partial charge in [-0.25, -0.2) is 4.39 Å². The van der Waals surface area contributed by atoms with E-state index in [-0.39, 0.29) is 11.9 Å². The second-order valence-corrected chi connectivity index (χ2v) is 8.92. The van der Waals surface area contributed by atoms with Crippen molar-refractivity contribution in [2.45, 2.75) is 63.0 Å². The summed E-state index contributed by atoms with van der Waals surface area (Å²) in [6, 6.07) is 4.57. The van der Waals surface area contributed by atoms with E-state index in [0.29, 0.717) is 11.0 Å². The van der Waals surface area contributed by atoms with E-state index < -0.39 is 16.4 Å². The van der Waals surface area contributed by atoms with Gasteiger partial charge in [0.25, 0.3) is 0 Å². The van der Waals surface area contributed by atoms with E-state index in [0.717, 1.165) is 25.0 Å². The number of ether oxygens (including phenoxy) is 2. The summed E-state index contributed by atoms with van der Waals surface area (Å²) >= 11 is 3.39. The Morgan fingerprint density at radius 2 is 2.08 bits per heavy atom. The second kappa shape index (κ2) is 6.41. The zero-order valence-corrected chi connectivity index (χ0v) is 16.0. The lowest BCUT2D eigenvalue weighted by atomic mass is 9.90. The Bertz CT molecular complexity index is 624. The minimum absolute atomic E-state index is 0.0886. The van der Waals surface area contributed by atoms with Crippen molar-refractivity contribution in [3.63, 3.8) is 0 Å². The quantitative estimate of drug-likeness (QED) is 0.516. The van der Waals surface area contributed by atoms with Crippen molar-refractivity contribution in [3.8, 4) is 0 Å². The fourth-order valence-electron chi connectivity index (χ4n) is 3.23. The average molecular weight is 399 g/mol. The number of carbonyl (C=O) groups excluding carboxylic acids is 1. The molecule has 1 aromatic carbocycles. The largest absolute Gasteiger partial charge is 0.459 e. The fraction of sp³-hybridized carbons (Fsp3) is 0.632. The zero-order valence-electron chi connectivity index (χ0n) is 14.4. The highest BCUT2D eigenvalue weighted by Crippen LogP contribution is 2.54. The first-order valence-electron chi connectivity index (χ1n) is 8.47. The van der Waals surface area contributed by atoms with E-state index in [1.54, 1.807) is 6.07 Å². The maximum Gasteiger partial charge on any atom is 0.324 e. The Morgan fingerprint density at radius 1 is 1.38 bits per heavy atom. The van der Waals surface area contributed by atoms with Crippen molar-refractivity contribution in [3.05, 3.63) is 35.1 Å². The molecule has 1 saturated carbocycles. The van der Waals surface area contributed by atoms with Gasteiger partial charge in [0.1, 0.15) is 16.2 Å². The number of esters is 1. The first kappa shape index (κ1) is 17.9. The van der Waals surface area contributed by atoms with Crippen LogP contribution >= 0.6 is 15.9 Å². The number of hydrogen-bond donors (Lipinski definition) is 0. The summed E-state index contributed by atoms with van der Waals surface area (Å²) in [4.78, 5) is 11.7. The Hall–Kier alpha value is -0.940. The monoisotopic (exact) mass is 398 g/mol. The molecule has 5 heteroatoms. The van der Waals surface area contributed by atoms with E-state index in [2.05, 4.69) is 15.9 Å². The van der Waals surface area contributed by atoms with Crippen LogP contribution in [0.2, 0.25) is 0 Å². The molecule has 1 aliphatic heterocycles. The third-order valence-electron chi connectivity index (χ3n) is 4.77. The van der Waals surface area contributed by atoms with Crippen LogP contribution < -0.4 is 0 Å². The molecule has 0 aromatic heterocycles. The molecule has 2 atom stereocenters. The maximum absolute atomic E-state index is 13.8. The maximum atomic E-state index is 13.8. The number of hydrogen-bond acceptors (Lipinski definition) is 3. The van der Waals surface area contributed by atoms with Crippen molar-refractivity contribution < 1.29 is 18.7 Å². The summed E-state index contributed by atoms with van der Waals surface area (Å²) in [7, 11) is 0. The summed E-state index contributed by atoms with van der Waals surface area (Å²) in [6.45, 7) is 6.21. The summed E-state index contributed by atoms with van der Waals surface area (Å²) < 4.78 is 25.3. The van der Waals surface area contributed by atoms with Crippen molar-refractivity contribution in [1.82, 2.24) is 0 Å². The van der Waals surface area contributed by atoms with Crippen molar-refractivity contribution in [1.29, 1.82) is 0 Å². The lowest BCUT2D eigenvalue weighted by molar-refractivity contribution is -0.154. The lowest BCUT2D eigenvalue weighted by Gasteiger charge is -2.31. The number of alkyl halides is 1. The smallest absolute Gasteiger partial charge is 0.324 e. The molecule has 2 fully saturated rings. The topological polar surface area (TPSA) is 35.5 Å². The molecule has 0 radical (unpaired) electrons. The van der Waals surface area contributed by atoms with Crippen molar-refractivity contribution in [2.75, 3.05) is 6.61 Å². The predicted octanol–water partition coefficient (Wildman–Crippen LogP) is 5.24. The fourth-order valence-corrected chi connectivity index (χ4v) is 3.72. The number of rotatable bonds is 3. The molecule has 3 nitrogen and oxygen atoms in total. The van der Waals surface area contributed by atoms with Crippen LogP contribution in [0, 0.1) is 11.2 Å². The second-order valence-electron chi connectivity index (χ2n) is 8.01. The molecule has 0 bridgehead atoms. The average Bonchev–Trinajstić information content (AvgIpc) is 3.25. The first-order valence-corrected chi connectivity index (χ1v) is 9.39. The SMILES string of the molecule is CC(C)(C)OC(=O)C(Br)c1cc(F)ccc1C1CCC2(CC2)CO1. The van der Waals surface area contributed by atoms with Crippen LogP contribution in [0.1, 0.15) is 68.5 Å². The van der Waals surface area contributed by atoms with E-state index in [1.165, 1.54) is 25.0 Å². The van der Waals surface area contributed by atoms with Gasteiger partial charge in [0.05, 0.1) is 12.7 Å². The Labute approximate surface area is 151 Å². The molecule has 1 aliphatic carbocycles. The molecular weight excluding hydrogens is 375 g/mol. The molecule has 0 amide bonds. The molecule has 1 aromatic rings. The van der Waals surface area contributed by atoms with Crippen LogP contribution in [0.25, 0.3) is 0 Å². The van der Waals surface area contributed by atoms with Crippen LogP contribution in [0.15, 0.2) is 18.2 Å². The van der Waals surface area contributed by atoms with Gasteiger partial charge in [-0.05, 0) is 75.1 Å². The molecule has 1 spiro atoms. The molecule has 1 heterocycles. The standard InChI is InChI=1S/C19H24BrFO3/c1-18(2,3)24-17(22)16(20)14-10-12(21)4-5-13(14)15-6-7-19(8-9-19)11-23-15/h4-5,10,15-16H,6-9,11H2,1-3H3. The first-order chi connectivity index (χ1) is 11.2. The summed E-state index contributed by atoms with van der Waals surface area (Å²) in [5.74, 6) is -0.778. The van der Waals surface area contributed by atoms with Gasteiger partial charge in [-0.3, -0.25) is 4.79 Å². The molecule has 3 rings (SSSR count). The zero-order chi connectivity index (χ0) is 17.5. The van der Waals surface area contributed by atoms with Crippen LogP contribution in [0.5, 0.6) is 0 Å². The number of halogens is 2. The molecular formula is C19H24BrFO3.